The Kier molecular flexibility index (Phi) is 5.31. The molecule has 0 amide bonds. The van der Waals surface area contributed by atoms with E-state index in [-0.39, 0.29) is 0 Å². The summed E-state index contributed by atoms with van der Waals surface area (Å²) in [6, 6.07) is 8.77. The lowest BCUT2D eigenvalue weighted by Crippen LogP contribution is -2.41. The van der Waals surface area contributed by atoms with Crippen LogP contribution in [0, 0.1) is 12.3 Å². The van der Waals surface area contributed by atoms with Crippen LogP contribution >= 0.6 is 12.6 Å². The van der Waals surface area contributed by atoms with E-state index in [0.717, 1.165) is 44.9 Å². The van der Waals surface area contributed by atoms with Gasteiger partial charge < -0.3 is 9.64 Å². The first-order valence-corrected chi connectivity index (χ1v) is 7.69. The summed E-state index contributed by atoms with van der Waals surface area (Å²) in [6.45, 7) is 6.04. The molecule has 0 N–H and O–H groups in total. The summed E-state index contributed by atoms with van der Waals surface area (Å²) in [5.41, 5.74) is 3.06. The lowest BCUT2D eigenvalue weighted by atomic mass is 9.81. The third-order valence-corrected chi connectivity index (χ3v) is 4.70. The van der Waals surface area contributed by atoms with Gasteiger partial charge in [0.1, 0.15) is 0 Å². The lowest BCUT2D eigenvalue weighted by Gasteiger charge is -2.39. The minimum Gasteiger partial charge on any atom is -0.381 e. The molecule has 1 aliphatic rings. The highest BCUT2D eigenvalue weighted by Crippen LogP contribution is 2.32. The summed E-state index contributed by atoms with van der Waals surface area (Å²) in [7, 11) is 2.21. The Balaban J connectivity index is 1.94. The van der Waals surface area contributed by atoms with Crippen LogP contribution in [0.25, 0.3) is 0 Å². The van der Waals surface area contributed by atoms with Gasteiger partial charge in [-0.15, -0.1) is 0 Å². The van der Waals surface area contributed by atoms with Crippen molar-refractivity contribution in [2.75, 3.05) is 32.6 Å². The van der Waals surface area contributed by atoms with Gasteiger partial charge in [-0.05, 0) is 43.5 Å². The second-order valence-corrected chi connectivity index (χ2v) is 6.25. The molecule has 1 fully saturated rings. The van der Waals surface area contributed by atoms with Crippen LogP contribution in [-0.4, -0.2) is 37.5 Å². The standard InChI is InChI=1S/C16H25NOS/c1-14-4-3-5-15(10-14)11-17(2)12-16(13-19)6-8-18-9-7-16/h3-5,10,19H,6-9,11-13H2,1-2H3. The predicted octanol–water partition coefficient (Wildman–Crippen LogP) is 3.15. The van der Waals surface area contributed by atoms with Crippen LogP contribution in [0.4, 0.5) is 0 Å². The first-order chi connectivity index (χ1) is 9.13. The van der Waals surface area contributed by atoms with Crippen LogP contribution in [0.2, 0.25) is 0 Å². The molecule has 0 aromatic heterocycles. The molecule has 1 saturated heterocycles. The van der Waals surface area contributed by atoms with Gasteiger partial charge in [0.2, 0.25) is 0 Å². The van der Waals surface area contributed by atoms with Gasteiger partial charge in [0.15, 0.2) is 0 Å². The molecule has 0 radical (unpaired) electrons. The average Bonchev–Trinajstić information content (AvgIpc) is 2.39. The van der Waals surface area contributed by atoms with Gasteiger partial charge >= 0.3 is 0 Å². The number of thiol groups is 1. The Morgan fingerprint density at radius 2 is 2.05 bits per heavy atom. The van der Waals surface area contributed by atoms with Crippen molar-refractivity contribution in [3.8, 4) is 0 Å². The SMILES string of the molecule is Cc1cccc(CN(C)CC2(CS)CCOCC2)c1. The Morgan fingerprint density at radius 1 is 1.32 bits per heavy atom. The number of aryl methyl sites for hydroxylation is 1. The second kappa shape index (κ2) is 6.78. The van der Waals surface area contributed by atoms with E-state index >= 15 is 0 Å². The summed E-state index contributed by atoms with van der Waals surface area (Å²) in [5, 5.41) is 0. The Morgan fingerprint density at radius 3 is 2.68 bits per heavy atom. The topological polar surface area (TPSA) is 12.5 Å². The van der Waals surface area contributed by atoms with Crippen molar-refractivity contribution in [3.63, 3.8) is 0 Å². The van der Waals surface area contributed by atoms with Crippen LogP contribution in [0.1, 0.15) is 24.0 Å². The van der Waals surface area contributed by atoms with Gasteiger partial charge in [0.05, 0.1) is 0 Å². The molecule has 2 nitrogen and oxygen atoms in total. The van der Waals surface area contributed by atoms with Crippen LogP contribution in [0.15, 0.2) is 24.3 Å². The highest BCUT2D eigenvalue weighted by molar-refractivity contribution is 7.80. The highest BCUT2D eigenvalue weighted by Gasteiger charge is 2.32. The van der Waals surface area contributed by atoms with Gasteiger partial charge in [-0.25, -0.2) is 0 Å². The van der Waals surface area contributed by atoms with Gasteiger partial charge in [-0.2, -0.15) is 12.6 Å². The zero-order chi connectivity index (χ0) is 13.7. The molecular formula is C16H25NOS. The van der Waals surface area contributed by atoms with Crippen molar-refractivity contribution in [1.29, 1.82) is 0 Å². The van der Waals surface area contributed by atoms with Crippen LogP contribution < -0.4 is 0 Å². The zero-order valence-corrected chi connectivity index (χ0v) is 13.0. The predicted molar refractivity (Wildman–Crippen MR) is 83.9 cm³/mol. The molecule has 1 aromatic rings. The summed E-state index contributed by atoms with van der Waals surface area (Å²) < 4.78 is 5.49. The van der Waals surface area contributed by atoms with E-state index in [1.165, 1.54) is 11.1 Å². The largest absolute Gasteiger partial charge is 0.381 e. The maximum Gasteiger partial charge on any atom is 0.0472 e. The summed E-state index contributed by atoms with van der Waals surface area (Å²) in [5.74, 6) is 0.953. The summed E-state index contributed by atoms with van der Waals surface area (Å²) in [6.07, 6.45) is 2.27. The number of hydrogen-bond acceptors (Lipinski definition) is 3. The van der Waals surface area contributed by atoms with Crippen LogP contribution in [-0.2, 0) is 11.3 Å². The smallest absolute Gasteiger partial charge is 0.0472 e. The first kappa shape index (κ1) is 14.9. The van der Waals surface area contributed by atoms with Crippen molar-refractivity contribution in [2.24, 2.45) is 5.41 Å². The van der Waals surface area contributed by atoms with E-state index < -0.39 is 0 Å². The van der Waals surface area contributed by atoms with Crippen molar-refractivity contribution < 1.29 is 4.74 Å². The Bertz CT molecular complexity index is 401. The van der Waals surface area contributed by atoms with E-state index in [2.05, 4.69) is 55.8 Å². The molecule has 3 heteroatoms. The molecule has 19 heavy (non-hydrogen) atoms. The van der Waals surface area contributed by atoms with Gasteiger partial charge in [-0.3, -0.25) is 0 Å². The highest BCUT2D eigenvalue weighted by atomic mass is 32.1. The van der Waals surface area contributed by atoms with Gasteiger partial charge in [0, 0.05) is 26.3 Å². The second-order valence-electron chi connectivity index (χ2n) is 5.93. The van der Waals surface area contributed by atoms with E-state index in [4.69, 9.17) is 4.74 Å². The quantitative estimate of drug-likeness (QED) is 0.831. The number of benzene rings is 1. The molecule has 0 spiro atoms. The Hall–Kier alpha value is -0.510. The maximum absolute atomic E-state index is 5.49. The van der Waals surface area contributed by atoms with Gasteiger partial charge in [0.25, 0.3) is 0 Å². The zero-order valence-electron chi connectivity index (χ0n) is 12.1. The third-order valence-electron chi connectivity index (χ3n) is 4.03. The molecule has 106 valence electrons. The molecule has 0 atom stereocenters. The summed E-state index contributed by atoms with van der Waals surface area (Å²) >= 11 is 4.58. The maximum atomic E-state index is 5.49. The number of nitrogens with zero attached hydrogens (tertiary/aromatic N) is 1. The molecule has 1 aliphatic heterocycles. The van der Waals surface area contributed by atoms with Crippen LogP contribution in [0.3, 0.4) is 0 Å². The minimum absolute atomic E-state index is 0.333. The molecule has 0 unspecified atom stereocenters. The van der Waals surface area contributed by atoms with E-state index in [1.54, 1.807) is 0 Å². The molecular weight excluding hydrogens is 254 g/mol. The Labute approximate surface area is 122 Å². The van der Waals surface area contributed by atoms with Crippen molar-refractivity contribution in [2.45, 2.75) is 26.3 Å². The van der Waals surface area contributed by atoms with Crippen LogP contribution in [0.5, 0.6) is 0 Å². The molecule has 0 saturated carbocycles. The van der Waals surface area contributed by atoms with Crippen molar-refractivity contribution in [1.82, 2.24) is 4.90 Å². The fourth-order valence-corrected chi connectivity index (χ4v) is 3.34. The number of ether oxygens (including phenoxy) is 1. The van der Waals surface area contributed by atoms with E-state index in [9.17, 15) is 0 Å². The molecule has 2 rings (SSSR count). The van der Waals surface area contributed by atoms with Crippen molar-refractivity contribution in [3.05, 3.63) is 35.4 Å². The van der Waals surface area contributed by atoms with E-state index in [1.807, 2.05) is 0 Å². The van der Waals surface area contributed by atoms with E-state index in [0.29, 0.717) is 5.41 Å². The number of hydrogen-bond donors (Lipinski definition) is 1. The molecule has 1 heterocycles. The van der Waals surface area contributed by atoms with Crippen molar-refractivity contribution >= 4 is 12.6 Å². The normalized spacial score (nSPS) is 18.7. The summed E-state index contributed by atoms with van der Waals surface area (Å²) in [4.78, 5) is 2.43. The lowest BCUT2D eigenvalue weighted by molar-refractivity contribution is 0.0105. The monoisotopic (exact) mass is 279 g/mol. The molecule has 0 bridgehead atoms. The third kappa shape index (κ3) is 4.23. The first-order valence-electron chi connectivity index (χ1n) is 7.06. The molecule has 0 aliphatic carbocycles. The molecule has 1 aromatic carbocycles. The van der Waals surface area contributed by atoms with Gasteiger partial charge in [-0.1, -0.05) is 29.8 Å². The average molecular weight is 279 g/mol. The number of rotatable bonds is 5. The fourth-order valence-electron chi connectivity index (χ4n) is 2.92. The minimum atomic E-state index is 0.333. The fraction of sp³-hybridized carbons (Fsp3) is 0.625.